The smallest absolute Gasteiger partial charge is 0.247 e. The lowest BCUT2D eigenvalue weighted by molar-refractivity contribution is 0.591. The van der Waals surface area contributed by atoms with Crippen LogP contribution in [-0.2, 0) is 10.8 Å². The highest BCUT2D eigenvalue weighted by molar-refractivity contribution is 8.01. The van der Waals surface area contributed by atoms with Gasteiger partial charge in [0, 0.05) is 36.6 Å². The molecule has 0 amide bonds. The maximum Gasteiger partial charge on any atom is 0.247 e. The number of nitrogens with zero attached hydrogens (tertiary/aromatic N) is 1. The Hall–Kier alpha value is -7.76. The molecule has 2 aliphatic rings. The molecule has 12 aromatic carbocycles. The van der Waals surface area contributed by atoms with E-state index in [9.17, 15) is 0 Å². The summed E-state index contributed by atoms with van der Waals surface area (Å²) in [5.41, 5.74) is 20.1. The Morgan fingerprint density at radius 3 is 1.26 bits per heavy atom. The van der Waals surface area contributed by atoms with Gasteiger partial charge in [-0.3, -0.25) is 0 Å². The first kappa shape index (κ1) is 46.8. The Kier molecular flexibility index (Phi) is 11.0. The SMILES string of the molecule is CC(C)(C)c1cc2ccc3cc(C(C)(C)C)cc4c(-c5ccc6c(c5)B5c7cc(-c8ccccc8)ccc7Sc7cc(N(c8ccc(-c9ccccc9)cc8)c8ccc(-c9ccccc9)cc8)cc(c75)S6)cc(c1)c2c34. The normalized spacial score (nSPS) is 13.0. The largest absolute Gasteiger partial charge is 0.310 e. The van der Waals surface area contributed by atoms with Crippen LogP contribution in [-0.4, -0.2) is 6.71 Å². The third-order valence-electron chi connectivity index (χ3n) is 16.0. The molecule has 2 aliphatic heterocycles. The standard InChI is InChI=1S/C72H56BNS2/c1-71(2,3)55-36-52-22-23-53-37-56(72(4,5)6)42-61-60(39-54(38-55)68(52)69(53)61)51-29-35-65-63(41-51)73-62-40-50(47-20-14-9-15-21-47)28-34-64(62)75-66-43-59(44-67(76-65)70(66)73)74(57-30-24-48(25-31-57)45-16-10-7-11-17-45)58-32-26-49(27-33-58)46-18-12-8-13-19-46/h7-44H,1-6H3. The first-order chi connectivity index (χ1) is 36.9. The van der Waals surface area contributed by atoms with Gasteiger partial charge in [-0.25, -0.2) is 0 Å². The zero-order chi connectivity index (χ0) is 51.5. The van der Waals surface area contributed by atoms with Crippen LogP contribution >= 0.6 is 23.5 Å². The Labute approximate surface area is 456 Å². The molecule has 2 heterocycles. The van der Waals surface area contributed by atoms with E-state index >= 15 is 0 Å². The van der Waals surface area contributed by atoms with Gasteiger partial charge >= 0.3 is 0 Å². The molecule has 0 bridgehead atoms. The number of benzene rings is 12. The number of rotatable bonds is 7. The van der Waals surface area contributed by atoms with E-state index in [1.165, 1.54) is 124 Å². The maximum absolute atomic E-state index is 2.57. The monoisotopic (exact) mass is 1010 g/mol. The summed E-state index contributed by atoms with van der Waals surface area (Å²) in [5.74, 6) is 0. The Morgan fingerprint density at radius 1 is 0.329 bits per heavy atom. The summed E-state index contributed by atoms with van der Waals surface area (Å²) in [6, 6.07) is 87.1. The van der Waals surface area contributed by atoms with Crippen molar-refractivity contribution in [3.05, 3.63) is 242 Å². The van der Waals surface area contributed by atoms with Gasteiger partial charge in [-0.05, 0) is 165 Å². The van der Waals surface area contributed by atoms with Crippen LogP contribution in [0.15, 0.2) is 250 Å². The van der Waals surface area contributed by atoms with Crippen molar-refractivity contribution in [1.82, 2.24) is 0 Å². The fraction of sp³-hybridized carbons (Fsp3) is 0.111. The van der Waals surface area contributed by atoms with Crippen molar-refractivity contribution in [2.75, 3.05) is 4.90 Å². The molecule has 0 atom stereocenters. The molecule has 14 rings (SSSR count). The lowest BCUT2D eigenvalue weighted by Gasteiger charge is -2.35. The van der Waals surface area contributed by atoms with E-state index in [4.69, 9.17) is 0 Å². The summed E-state index contributed by atoms with van der Waals surface area (Å²) in [4.78, 5) is 7.68. The van der Waals surface area contributed by atoms with Crippen molar-refractivity contribution in [2.24, 2.45) is 0 Å². The second-order valence-electron chi connectivity index (χ2n) is 22.9. The molecule has 364 valence electrons. The van der Waals surface area contributed by atoms with Crippen LogP contribution in [0, 0.1) is 0 Å². The van der Waals surface area contributed by atoms with Gasteiger partial charge in [0.1, 0.15) is 0 Å². The van der Waals surface area contributed by atoms with Crippen LogP contribution in [0.3, 0.4) is 0 Å². The fourth-order valence-electron chi connectivity index (χ4n) is 11.9. The summed E-state index contributed by atoms with van der Waals surface area (Å²) in [7, 11) is 0. The first-order valence-corrected chi connectivity index (χ1v) is 28.3. The van der Waals surface area contributed by atoms with E-state index in [1.807, 2.05) is 23.5 Å². The van der Waals surface area contributed by atoms with Gasteiger partial charge in [-0.1, -0.05) is 246 Å². The van der Waals surface area contributed by atoms with Crippen LogP contribution in [0.25, 0.3) is 76.8 Å². The number of hydrogen-bond donors (Lipinski definition) is 0. The Bertz CT molecular complexity index is 4110. The van der Waals surface area contributed by atoms with Crippen molar-refractivity contribution >= 4 is 96.0 Å². The van der Waals surface area contributed by atoms with Gasteiger partial charge in [0.25, 0.3) is 0 Å². The van der Waals surface area contributed by atoms with E-state index in [-0.39, 0.29) is 17.5 Å². The molecule has 0 aromatic heterocycles. The number of hydrogen-bond acceptors (Lipinski definition) is 3. The van der Waals surface area contributed by atoms with Gasteiger partial charge in [0.05, 0.1) is 0 Å². The Morgan fingerprint density at radius 2 is 0.750 bits per heavy atom. The molecule has 0 unspecified atom stereocenters. The van der Waals surface area contributed by atoms with Crippen molar-refractivity contribution in [2.45, 2.75) is 72.0 Å². The number of anilines is 3. The van der Waals surface area contributed by atoms with E-state index in [0.29, 0.717) is 0 Å². The molecule has 0 saturated carbocycles. The summed E-state index contributed by atoms with van der Waals surface area (Å²) in [6.45, 7) is 14.1. The van der Waals surface area contributed by atoms with Gasteiger partial charge < -0.3 is 4.90 Å². The number of fused-ring (bicyclic) bond motifs is 4. The molecule has 12 aromatic rings. The van der Waals surface area contributed by atoms with Crippen LogP contribution < -0.4 is 21.3 Å². The van der Waals surface area contributed by atoms with Crippen LogP contribution in [0.2, 0.25) is 0 Å². The Balaban J connectivity index is 0.965. The van der Waals surface area contributed by atoms with Crippen molar-refractivity contribution < 1.29 is 0 Å². The maximum atomic E-state index is 2.57. The molecule has 0 N–H and O–H groups in total. The van der Waals surface area contributed by atoms with Crippen LogP contribution in [0.4, 0.5) is 17.1 Å². The van der Waals surface area contributed by atoms with Gasteiger partial charge in [0.2, 0.25) is 6.71 Å². The van der Waals surface area contributed by atoms with E-state index in [0.717, 1.165) is 17.1 Å². The summed E-state index contributed by atoms with van der Waals surface area (Å²) in [6.07, 6.45) is 0. The van der Waals surface area contributed by atoms with Crippen molar-refractivity contribution in [1.29, 1.82) is 0 Å². The van der Waals surface area contributed by atoms with E-state index < -0.39 is 0 Å². The molecule has 0 saturated heterocycles. The second-order valence-corrected chi connectivity index (χ2v) is 25.1. The predicted octanol–water partition coefficient (Wildman–Crippen LogP) is 18.8. The summed E-state index contributed by atoms with van der Waals surface area (Å²) < 4.78 is 0. The quantitative estimate of drug-likeness (QED) is 0.116. The molecular formula is C72H56BNS2. The summed E-state index contributed by atoms with van der Waals surface area (Å²) in [5, 5.41) is 8.01. The average molecular weight is 1010 g/mol. The van der Waals surface area contributed by atoms with Gasteiger partial charge in [0.15, 0.2) is 0 Å². The molecule has 0 aliphatic carbocycles. The molecular weight excluding hydrogens is 954 g/mol. The van der Waals surface area contributed by atoms with E-state index in [1.54, 1.807) is 0 Å². The molecule has 0 spiro atoms. The van der Waals surface area contributed by atoms with Gasteiger partial charge in [-0.2, -0.15) is 0 Å². The van der Waals surface area contributed by atoms with Gasteiger partial charge in [-0.15, -0.1) is 0 Å². The minimum Gasteiger partial charge on any atom is -0.310 e. The fourth-order valence-corrected chi connectivity index (χ4v) is 14.4. The lowest BCUT2D eigenvalue weighted by Crippen LogP contribution is -2.58. The zero-order valence-electron chi connectivity index (χ0n) is 43.8. The molecule has 0 radical (unpaired) electrons. The van der Waals surface area contributed by atoms with Crippen LogP contribution in [0.5, 0.6) is 0 Å². The zero-order valence-corrected chi connectivity index (χ0v) is 45.4. The minimum absolute atomic E-state index is 0.0139. The highest BCUT2D eigenvalue weighted by Gasteiger charge is 2.39. The molecule has 1 nitrogen and oxygen atoms in total. The highest BCUT2D eigenvalue weighted by Crippen LogP contribution is 2.48. The molecule has 0 fully saturated rings. The first-order valence-electron chi connectivity index (χ1n) is 26.7. The topological polar surface area (TPSA) is 3.24 Å². The highest BCUT2D eigenvalue weighted by atomic mass is 32.2. The summed E-state index contributed by atoms with van der Waals surface area (Å²) >= 11 is 3.85. The lowest BCUT2D eigenvalue weighted by atomic mass is 9.36. The van der Waals surface area contributed by atoms with Crippen molar-refractivity contribution in [3.63, 3.8) is 0 Å². The third kappa shape index (κ3) is 8.04. The average Bonchev–Trinajstić information content (AvgIpc) is 3.61. The molecule has 4 heteroatoms. The molecule has 76 heavy (non-hydrogen) atoms. The second kappa shape index (κ2) is 17.9. The minimum atomic E-state index is -0.0146. The predicted molar refractivity (Wildman–Crippen MR) is 330 cm³/mol. The van der Waals surface area contributed by atoms with Crippen molar-refractivity contribution in [3.8, 4) is 44.5 Å². The van der Waals surface area contributed by atoms with E-state index in [2.05, 4.69) is 277 Å². The van der Waals surface area contributed by atoms with Crippen LogP contribution in [0.1, 0.15) is 52.7 Å². The third-order valence-corrected chi connectivity index (χ3v) is 18.3.